The number of allylic oxidation sites excluding steroid dienone is 2. The average molecular weight is 683 g/mol. The molecule has 0 fully saturated rings. The van der Waals surface area contributed by atoms with Gasteiger partial charge in [-0.1, -0.05) is 42.1 Å². The number of thioether (sulfide) groups is 1. The molecule has 3 heterocycles. The maximum absolute atomic E-state index is 14.1. The Morgan fingerprint density at radius 3 is 2.42 bits per heavy atom. The number of hydrogen-bond donors (Lipinski definition) is 0. The third kappa shape index (κ3) is 4.88. The summed E-state index contributed by atoms with van der Waals surface area (Å²) in [5, 5.41) is 1.16. The van der Waals surface area contributed by atoms with Crippen molar-refractivity contribution in [2.75, 3.05) is 31.0 Å². The molecule has 0 aliphatic carbocycles. The monoisotopic (exact) mass is 682 g/mol. The second-order valence-electron chi connectivity index (χ2n) is 9.68. The molecular formula is C31H31IN4O2S2. The van der Waals surface area contributed by atoms with Crippen LogP contribution in [0, 0.1) is 6.92 Å². The topological polar surface area (TPSA) is 42.6 Å². The van der Waals surface area contributed by atoms with Crippen LogP contribution in [0.1, 0.15) is 11.3 Å². The molecule has 0 bridgehead atoms. The van der Waals surface area contributed by atoms with Crippen LogP contribution in [0.5, 0.6) is 5.75 Å². The van der Waals surface area contributed by atoms with E-state index in [0.29, 0.717) is 0 Å². The van der Waals surface area contributed by atoms with Crippen molar-refractivity contribution in [1.82, 2.24) is 9.36 Å². The minimum absolute atomic E-state index is 0. The molecule has 4 aromatic rings. The maximum Gasteiger partial charge on any atom is 0.279 e. The Hall–Kier alpha value is -3.02. The molecular weight excluding hydrogens is 651 g/mol. The van der Waals surface area contributed by atoms with E-state index in [1.54, 1.807) is 23.6 Å². The Labute approximate surface area is 260 Å². The molecule has 0 amide bonds. The number of rotatable bonds is 5. The predicted octanol–water partition coefficient (Wildman–Crippen LogP) is 2.61. The van der Waals surface area contributed by atoms with Crippen LogP contribution in [0.15, 0.2) is 105 Å². The van der Waals surface area contributed by atoms with Gasteiger partial charge in [-0.05, 0) is 61.0 Å². The van der Waals surface area contributed by atoms with E-state index in [1.165, 1.54) is 21.2 Å². The first kappa shape index (κ1) is 28.5. The molecule has 6 nitrogen and oxygen atoms in total. The fourth-order valence-electron chi connectivity index (χ4n) is 5.20. The Morgan fingerprint density at radius 1 is 0.975 bits per heavy atom. The lowest BCUT2D eigenvalue weighted by atomic mass is 10.1. The Morgan fingerprint density at radius 2 is 1.70 bits per heavy atom. The lowest BCUT2D eigenvalue weighted by Crippen LogP contribution is -3.00. The molecule has 2 aliphatic rings. The molecule has 0 saturated carbocycles. The first-order valence-corrected chi connectivity index (χ1v) is 14.6. The van der Waals surface area contributed by atoms with Crippen LogP contribution in [0.2, 0.25) is 0 Å². The molecule has 1 unspecified atom stereocenters. The van der Waals surface area contributed by atoms with E-state index in [-0.39, 0.29) is 34.9 Å². The Bertz CT molecular complexity index is 1690. The molecule has 1 atom stereocenters. The average Bonchev–Trinajstić information content (AvgIpc) is 3.52. The van der Waals surface area contributed by atoms with Crippen LogP contribution in [-0.2, 0) is 18.8 Å². The number of ether oxygens (including phenoxy) is 1. The highest BCUT2D eigenvalue weighted by molar-refractivity contribution is 8.03. The summed E-state index contributed by atoms with van der Waals surface area (Å²) >= 11 is 2.89. The van der Waals surface area contributed by atoms with Gasteiger partial charge in [-0.25, -0.2) is 4.68 Å². The lowest BCUT2D eigenvalue weighted by Gasteiger charge is -2.16. The van der Waals surface area contributed by atoms with Crippen LogP contribution in [0.4, 0.5) is 11.4 Å². The maximum atomic E-state index is 14.1. The number of benzene rings is 3. The number of aromatic nitrogens is 2. The van der Waals surface area contributed by atoms with Crippen LogP contribution < -0.4 is 44.1 Å². The zero-order valence-electron chi connectivity index (χ0n) is 23.0. The smallest absolute Gasteiger partial charge is 0.279 e. The summed E-state index contributed by atoms with van der Waals surface area (Å²) in [7, 11) is 7.85. The quantitative estimate of drug-likeness (QED) is 0.184. The van der Waals surface area contributed by atoms with E-state index in [9.17, 15) is 4.79 Å². The molecule has 3 aromatic carbocycles. The largest absolute Gasteiger partial charge is 1.00 e. The van der Waals surface area contributed by atoms with Crippen molar-refractivity contribution in [2.45, 2.75) is 22.1 Å². The van der Waals surface area contributed by atoms with Gasteiger partial charge in [0, 0.05) is 49.6 Å². The number of methoxy groups -OCH3 is 1. The van der Waals surface area contributed by atoms with Crippen molar-refractivity contribution in [3.8, 4) is 11.4 Å². The van der Waals surface area contributed by atoms with Crippen molar-refractivity contribution in [3.05, 3.63) is 112 Å². The number of nitrogens with zero attached hydrogens (tertiary/aromatic N) is 4. The summed E-state index contributed by atoms with van der Waals surface area (Å²) in [6.07, 6.45) is 4.42. The van der Waals surface area contributed by atoms with Gasteiger partial charge >= 0.3 is 0 Å². The normalized spacial score (nSPS) is 17.2. The molecule has 0 radical (unpaired) electrons. The summed E-state index contributed by atoms with van der Waals surface area (Å²) in [6.45, 7) is 2.03. The highest BCUT2D eigenvalue weighted by Gasteiger charge is 2.35. The van der Waals surface area contributed by atoms with Gasteiger partial charge in [0.05, 0.1) is 34.8 Å². The van der Waals surface area contributed by atoms with Crippen LogP contribution in [0.3, 0.4) is 0 Å². The van der Waals surface area contributed by atoms with Gasteiger partial charge in [0.15, 0.2) is 4.90 Å². The molecule has 9 heteroatoms. The van der Waals surface area contributed by atoms with Crippen molar-refractivity contribution in [2.24, 2.45) is 7.05 Å². The summed E-state index contributed by atoms with van der Waals surface area (Å²) < 4.78 is 9.19. The van der Waals surface area contributed by atoms with E-state index in [1.807, 2.05) is 55.1 Å². The third-order valence-corrected chi connectivity index (χ3v) is 10.0. The molecule has 206 valence electrons. The van der Waals surface area contributed by atoms with E-state index in [2.05, 4.69) is 72.4 Å². The standard InChI is InChI=1S/C31H30N4O2S2.HI/c1-20-30(31(36)35(34(20)4)22-11-7-6-8-12-22)21(17-28-32(2)24-13-9-10-14-26(24)38-28)18-29-33(3)25-16-15-23(37-5)19-27(25)39-29;/h6-19,29H,1-5H3;1H/b21-18-,28-17+;. The van der Waals surface area contributed by atoms with E-state index < -0.39 is 0 Å². The number of fused-ring (bicyclic) bond motifs is 2. The molecule has 0 spiro atoms. The summed E-state index contributed by atoms with van der Waals surface area (Å²) in [6, 6.07) is 24.4. The van der Waals surface area contributed by atoms with E-state index in [0.717, 1.165) is 45.1 Å². The minimum atomic E-state index is -0.0241. The predicted molar refractivity (Wildman–Crippen MR) is 165 cm³/mol. The van der Waals surface area contributed by atoms with Gasteiger partial charge < -0.3 is 38.5 Å². The van der Waals surface area contributed by atoms with Gasteiger partial charge in [0.2, 0.25) is 5.37 Å². The Kier molecular flexibility index (Phi) is 8.17. The van der Waals surface area contributed by atoms with Gasteiger partial charge in [0.25, 0.3) is 5.56 Å². The van der Waals surface area contributed by atoms with Gasteiger partial charge in [0.1, 0.15) is 5.75 Å². The lowest BCUT2D eigenvalue weighted by molar-refractivity contribution is -0.00000804. The molecule has 1 aromatic heterocycles. The number of anilines is 2. The van der Waals surface area contributed by atoms with Crippen LogP contribution in [-0.4, -0.2) is 35.9 Å². The van der Waals surface area contributed by atoms with Crippen molar-refractivity contribution >= 4 is 40.5 Å². The van der Waals surface area contributed by atoms with Crippen LogP contribution in [0.25, 0.3) is 11.3 Å². The SMILES string of the molecule is COc1ccc2c(c1)[SH+]C(/C=C(/C=C1/Sc3ccccc3N1C)c1c(C)n(C)n(-c3ccccc3)c1=O)N2C.[I-]. The minimum Gasteiger partial charge on any atom is -1.00 e. The molecule has 2 aliphatic heterocycles. The molecule has 40 heavy (non-hydrogen) atoms. The zero-order chi connectivity index (χ0) is 27.3. The first-order chi connectivity index (χ1) is 18.9. The fourth-order valence-corrected chi connectivity index (χ4v) is 7.68. The molecule has 6 rings (SSSR count). The molecule has 0 N–H and O–H groups in total. The highest BCUT2D eigenvalue weighted by atomic mass is 127. The number of halogens is 1. The van der Waals surface area contributed by atoms with Crippen LogP contribution >= 0.6 is 11.8 Å². The van der Waals surface area contributed by atoms with Crippen molar-refractivity contribution in [1.29, 1.82) is 0 Å². The van der Waals surface area contributed by atoms with Gasteiger partial charge in [-0.3, -0.25) is 9.48 Å². The van der Waals surface area contributed by atoms with Crippen molar-refractivity contribution < 1.29 is 28.7 Å². The zero-order valence-corrected chi connectivity index (χ0v) is 26.9. The summed E-state index contributed by atoms with van der Waals surface area (Å²) in [5.74, 6) is 0.855. The number of hydrogen-bond acceptors (Lipinski definition) is 5. The first-order valence-electron chi connectivity index (χ1n) is 12.8. The van der Waals surface area contributed by atoms with E-state index >= 15 is 0 Å². The van der Waals surface area contributed by atoms with Crippen molar-refractivity contribution in [3.63, 3.8) is 0 Å². The van der Waals surface area contributed by atoms with Gasteiger partial charge in [-0.2, -0.15) is 0 Å². The molecule has 0 saturated heterocycles. The van der Waals surface area contributed by atoms with E-state index in [4.69, 9.17) is 4.74 Å². The fraction of sp³-hybridized carbons (Fsp3) is 0.194. The second-order valence-corrected chi connectivity index (χ2v) is 12.0. The summed E-state index contributed by atoms with van der Waals surface area (Å²) in [5.41, 5.74) is 5.74. The Balaban J connectivity index is 0.00000323. The third-order valence-electron chi connectivity index (χ3n) is 7.45. The number of likely N-dealkylation sites (N-methyl/N-ethyl adjacent to an activating group) is 1. The number of para-hydroxylation sites is 2. The summed E-state index contributed by atoms with van der Waals surface area (Å²) in [4.78, 5) is 21.0. The highest BCUT2D eigenvalue weighted by Crippen LogP contribution is 2.46. The second kappa shape index (κ2) is 11.5. The van der Waals surface area contributed by atoms with Gasteiger partial charge in [-0.15, -0.1) is 0 Å². The number of thiol groups is 1.